The molecule has 0 saturated carbocycles. The molecule has 8 heteroatoms. The lowest BCUT2D eigenvalue weighted by atomic mass is 10.0. The van der Waals surface area contributed by atoms with Gasteiger partial charge in [0.15, 0.2) is 6.61 Å². The molecule has 31 heavy (non-hydrogen) atoms. The van der Waals surface area contributed by atoms with Crippen molar-refractivity contribution in [2.24, 2.45) is 0 Å². The molecule has 2 amide bonds. The van der Waals surface area contributed by atoms with Crippen LogP contribution in [0.1, 0.15) is 30.0 Å². The predicted octanol–water partition coefficient (Wildman–Crippen LogP) is 4.26. The summed E-state index contributed by atoms with van der Waals surface area (Å²) in [6.07, 6.45) is 0.719. The zero-order valence-electron chi connectivity index (χ0n) is 18.0. The molecule has 164 valence electrons. The third kappa shape index (κ3) is 6.45. The normalized spacial score (nSPS) is 11.8. The first kappa shape index (κ1) is 23.1. The Balaban J connectivity index is 1.55. The summed E-state index contributed by atoms with van der Waals surface area (Å²) in [4.78, 5) is 30.5. The third-order valence-electron chi connectivity index (χ3n) is 4.68. The molecule has 0 saturated heterocycles. The average molecular weight is 458 g/mol. The molecule has 3 aromatic rings. The number of para-hydroxylation sites is 2. The first-order chi connectivity index (χ1) is 15.0. The number of rotatable bonds is 10. The zero-order chi connectivity index (χ0) is 22.2. The van der Waals surface area contributed by atoms with Crippen molar-refractivity contribution in [1.29, 1.82) is 0 Å². The minimum atomic E-state index is -0.179. The predicted molar refractivity (Wildman–Crippen MR) is 128 cm³/mol. The number of carbonyl (C=O) groups excluding carboxylic acids is 2. The van der Waals surface area contributed by atoms with Crippen molar-refractivity contribution in [3.05, 3.63) is 59.1 Å². The summed E-state index contributed by atoms with van der Waals surface area (Å²) in [5.74, 6) is 1.53. The van der Waals surface area contributed by atoms with Crippen molar-refractivity contribution in [2.45, 2.75) is 25.1 Å². The molecule has 1 unspecified atom stereocenters. The Labute approximate surface area is 191 Å². The van der Waals surface area contributed by atoms with Gasteiger partial charge in [-0.3, -0.25) is 9.59 Å². The van der Waals surface area contributed by atoms with Gasteiger partial charge in [-0.25, -0.2) is 4.98 Å². The SMILES string of the molecule is CCC(NC(=O)CSCc1nc2ccccc2s1)c1ccccc1OCC(=O)N(C)C. The Bertz CT molecular complexity index is 1000. The number of aromatic nitrogens is 1. The van der Waals surface area contributed by atoms with E-state index in [0.717, 1.165) is 27.2 Å². The number of hydrogen-bond donors (Lipinski definition) is 1. The lowest BCUT2D eigenvalue weighted by Gasteiger charge is -2.21. The van der Waals surface area contributed by atoms with Gasteiger partial charge in [-0.2, -0.15) is 0 Å². The van der Waals surface area contributed by atoms with Crippen LogP contribution in [0.3, 0.4) is 0 Å². The summed E-state index contributed by atoms with van der Waals surface area (Å²) in [7, 11) is 3.39. The number of nitrogens with one attached hydrogen (secondary N) is 1. The molecular weight excluding hydrogens is 430 g/mol. The number of carbonyl (C=O) groups is 2. The second-order valence-corrected chi connectivity index (χ2v) is 9.31. The van der Waals surface area contributed by atoms with E-state index in [0.29, 0.717) is 17.3 Å². The molecule has 1 N–H and O–H groups in total. The van der Waals surface area contributed by atoms with Crippen molar-refractivity contribution in [1.82, 2.24) is 15.2 Å². The van der Waals surface area contributed by atoms with E-state index in [2.05, 4.69) is 16.4 Å². The molecule has 0 fully saturated rings. The van der Waals surface area contributed by atoms with E-state index in [9.17, 15) is 9.59 Å². The van der Waals surface area contributed by atoms with Crippen molar-refractivity contribution in [3.63, 3.8) is 0 Å². The van der Waals surface area contributed by atoms with Gasteiger partial charge in [0.25, 0.3) is 5.91 Å². The highest BCUT2D eigenvalue weighted by molar-refractivity contribution is 7.99. The van der Waals surface area contributed by atoms with Gasteiger partial charge in [0.2, 0.25) is 5.91 Å². The van der Waals surface area contributed by atoms with E-state index in [-0.39, 0.29) is 24.5 Å². The molecule has 1 aromatic heterocycles. The summed E-state index contributed by atoms with van der Waals surface area (Å²) in [6.45, 7) is 1.98. The van der Waals surface area contributed by atoms with Crippen LogP contribution in [0.4, 0.5) is 0 Å². The molecule has 1 atom stereocenters. The minimum absolute atomic E-state index is 0.0304. The Morgan fingerprint density at radius 2 is 1.90 bits per heavy atom. The molecule has 2 aromatic carbocycles. The van der Waals surface area contributed by atoms with Gasteiger partial charge in [0.05, 0.1) is 22.0 Å². The number of benzene rings is 2. The summed E-state index contributed by atoms with van der Waals surface area (Å²) in [5, 5.41) is 4.12. The number of likely N-dealkylation sites (N-methyl/N-ethyl adjacent to an activating group) is 1. The number of ether oxygens (including phenoxy) is 1. The maximum absolute atomic E-state index is 12.6. The van der Waals surface area contributed by atoms with Gasteiger partial charge in [-0.05, 0) is 24.6 Å². The van der Waals surface area contributed by atoms with Crippen LogP contribution >= 0.6 is 23.1 Å². The lowest BCUT2D eigenvalue weighted by Crippen LogP contribution is -2.31. The summed E-state index contributed by atoms with van der Waals surface area (Å²) in [5.41, 5.74) is 1.88. The Morgan fingerprint density at radius 1 is 1.16 bits per heavy atom. The molecule has 0 aliphatic carbocycles. The fourth-order valence-corrected chi connectivity index (χ4v) is 4.88. The van der Waals surface area contributed by atoms with Crippen molar-refractivity contribution >= 4 is 45.1 Å². The maximum atomic E-state index is 12.6. The van der Waals surface area contributed by atoms with Crippen LogP contribution in [0.25, 0.3) is 10.2 Å². The molecule has 3 rings (SSSR count). The first-order valence-electron chi connectivity index (χ1n) is 10.1. The van der Waals surface area contributed by atoms with Gasteiger partial charge < -0.3 is 15.0 Å². The molecule has 0 aliphatic rings. The van der Waals surface area contributed by atoms with Crippen LogP contribution in [0, 0.1) is 0 Å². The number of amides is 2. The molecule has 0 aliphatic heterocycles. The van der Waals surface area contributed by atoms with Crippen LogP contribution in [0.5, 0.6) is 5.75 Å². The standard InChI is InChI=1S/C23H27N3O3S2/c1-4-17(16-9-5-7-11-19(16)29-13-23(28)26(2)3)24-21(27)14-30-15-22-25-18-10-6-8-12-20(18)31-22/h5-12,17H,4,13-15H2,1-3H3,(H,24,27). The van der Waals surface area contributed by atoms with E-state index in [4.69, 9.17) is 4.74 Å². The molecule has 1 heterocycles. The van der Waals surface area contributed by atoms with Crippen LogP contribution in [0.15, 0.2) is 48.5 Å². The largest absolute Gasteiger partial charge is 0.483 e. The molecule has 0 radical (unpaired) electrons. The maximum Gasteiger partial charge on any atom is 0.259 e. The van der Waals surface area contributed by atoms with Crippen molar-refractivity contribution < 1.29 is 14.3 Å². The fourth-order valence-electron chi connectivity index (χ4n) is 3.02. The quantitative estimate of drug-likeness (QED) is 0.492. The topological polar surface area (TPSA) is 71.5 Å². The third-order valence-corrected chi connectivity index (χ3v) is 6.85. The second-order valence-electron chi connectivity index (χ2n) is 7.21. The highest BCUT2D eigenvalue weighted by Crippen LogP contribution is 2.28. The zero-order valence-corrected chi connectivity index (χ0v) is 19.6. The van der Waals surface area contributed by atoms with Gasteiger partial charge >= 0.3 is 0 Å². The molecule has 6 nitrogen and oxygen atoms in total. The molecule has 0 bridgehead atoms. The van der Waals surface area contributed by atoms with Crippen LogP contribution < -0.4 is 10.1 Å². The highest BCUT2D eigenvalue weighted by Gasteiger charge is 2.18. The summed E-state index contributed by atoms with van der Waals surface area (Å²) >= 11 is 3.22. The van der Waals surface area contributed by atoms with Gasteiger partial charge in [0.1, 0.15) is 10.8 Å². The molecular formula is C23H27N3O3S2. The number of thioether (sulfide) groups is 1. The number of thiazole rings is 1. The highest BCUT2D eigenvalue weighted by atomic mass is 32.2. The van der Waals surface area contributed by atoms with E-state index in [1.165, 1.54) is 4.90 Å². The summed E-state index contributed by atoms with van der Waals surface area (Å²) < 4.78 is 6.90. The smallest absolute Gasteiger partial charge is 0.259 e. The first-order valence-corrected chi connectivity index (χ1v) is 12.1. The van der Waals surface area contributed by atoms with Crippen LogP contribution in [-0.2, 0) is 15.3 Å². The van der Waals surface area contributed by atoms with Gasteiger partial charge in [0, 0.05) is 25.4 Å². The number of fused-ring (bicyclic) bond motifs is 1. The monoisotopic (exact) mass is 457 g/mol. The average Bonchev–Trinajstić information content (AvgIpc) is 3.18. The Morgan fingerprint density at radius 3 is 2.65 bits per heavy atom. The lowest BCUT2D eigenvalue weighted by molar-refractivity contribution is -0.130. The van der Waals surface area contributed by atoms with Crippen LogP contribution in [-0.4, -0.2) is 48.2 Å². The Kier molecular flexibility index (Phi) is 8.31. The number of nitrogens with zero attached hydrogens (tertiary/aromatic N) is 2. The van der Waals surface area contributed by atoms with Crippen molar-refractivity contribution in [2.75, 3.05) is 26.5 Å². The minimum Gasteiger partial charge on any atom is -0.483 e. The number of hydrogen-bond acceptors (Lipinski definition) is 6. The van der Waals surface area contributed by atoms with E-state index in [1.54, 1.807) is 37.2 Å². The second kappa shape index (κ2) is 11.2. The van der Waals surface area contributed by atoms with Crippen LogP contribution in [0.2, 0.25) is 0 Å². The molecule has 0 spiro atoms. The van der Waals surface area contributed by atoms with E-state index in [1.807, 2.05) is 49.4 Å². The van der Waals surface area contributed by atoms with Gasteiger partial charge in [-0.15, -0.1) is 23.1 Å². The van der Waals surface area contributed by atoms with Gasteiger partial charge in [-0.1, -0.05) is 37.3 Å². The fraction of sp³-hybridized carbons (Fsp3) is 0.348. The summed E-state index contributed by atoms with van der Waals surface area (Å²) in [6, 6.07) is 15.4. The van der Waals surface area contributed by atoms with E-state index >= 15 is 0 Å². The van der Waals surface area contributed by atoms with E-state index < -0.39 is 0 Å². The van der Waals surface area contributed by atoms with Crippen molar-refractivity contribution in [3.8, 4) is 5.75 Å². The Hall–Kier alpha value is -2.58.